The normalized spacial score (nSPS) is 20.6. The molecule has 2 amide bonds. The summed E-state index contributed by atoms with van der Waals surface area (Å²) in [4.78, 5) is 35.1. The number of aromatic nitrogens is 1. The number of aryl methyl sites for hydroxylation is 1. The zero-order valence-electron chi connectivity index (χ0n) is 14.6. The molecule has 8 heteroatoms. The Morgan fingerprint density at radius 1 is 1.23 bits per heavy atom. The van der Waals surface area contributed by atoms with Crippen molar-refractivity contribution in [3.05, 3.63) is 27.4 Å². The van der Waals surface area contributed by atoms with Crippen LogP contribution in [0, 0.1) is 6.92 Å². The summed E-state index contributed by atoms with van der Waals surface area (Å²) < 4.78 is 0. The van der Waals surface area contributed by atoms with Gasteiger partial charge in [-0.2, -0.15) is 23.1 Å². The Bertz CT molecular complexity index is 797. The summed E-state index contributed by atoms with van der Waals surface area (Å²) in [5.41, 5.74) is 1.82. The molecule has 0 bridgehead atoms. The molecule has 4 heterocycles. The molecule has 0 aliphatic carbocycles. The zero-order valence-corrected chi connectivity index (χ0v) is 17.1. The fourth-order valence-electron chi connectivity index (χ4n) is 3.50. The zero-order chi connectivity index (χ0) is 18.1. The van der Waals surface area contributed by atoms with Gasteiger partial charge in [0.2, 0.25) is 5.91 Å². The van der Waals surface area contributed by atoms with Gasteiger partial charge in [0, 0.05) is 42.1 Å². The highest BCUT2D eigenvalue weighted by atomic mass is 32.2. The van der Waals surface area contributed by atoms with Crippen LogP contribution in [0.5, 0.6) is 0 Å². The largest absolute Gasteiger partial charge is 0.339 e. The molecule has 0 radical (unpaired) electrons. The highest BCUT2D eigenvalue weighted by Gasteiger charge is 2.38. The van der Waals surface area contributed by atoms with Gasteiger partial charge in [0.1, 0.15) is 15.9 Å². The molecule has 2 saturated heterocycles. The molecule has 2 aromatic heterocycles. The van der Waals surface area contributed by atoms with Gasteiger partial charge < -0.3 is 9.80 Å². The molecule has 2 aliphatic heterocycles. The molecule has 0 aromatic carbocycles. The van der Waals surface area contributed by atoms with E-state index >= 15 is 0 Å². The van der Waals surface area contributed by atoms with Gasteiger partial charge in [0.15, 0.2) is 0 Å². The molecule has 0 spiro atoms. The van der Waals surface area contributed by atoms with Crippen LogP contribution in [-0.2, 0) is 4.79 Å². The first kappa shape index (κ1) is 18.0. The minimum atomic E-state index is -0.309. The van der Waals surface area contributed by atoms with Gasteiger partial charge >= 0.3 is 0 Å². The topological polar surface area (TPSA) is 53.5 Å². The number of rotatable bonds is 3. The van der Waals surface area contributed by atoms with Gasteiger partial charge in [-0.3, -0.25) is 9.59 Å². The van der Waals surface area contributed by atoms with Crippen molar-refractivity contribution in [3.8, 4) is 10.6 Å². The number of thiophene rings is 1. The van der Waals surface area contributed by atoms with E-state index in [9.17, 15) is 9.59 Å². The van der Waals surface area contributed by atoms with Crippen molar-refractivity contribution in [3.63, 3.8) is 0 Å². The van der Waals surface area contributed by atoms with Crippen LogP contribution in [0.25, 0.3) is 10.6 Å². The second-order valence-corrected chi connectivity index (χ2v) is 9.54. The highest BCUT2D eigenvalue weighted by Crippen LogP contribution is 2.32. The Labute approximate surface area is 165 Å². The third-order valence-corrected chi connectivity index (χ3v) is 7.70. The number of thiazole rings is 1. The number of nitrogens with zero attached hydrogens (tertiary/aromatic N) is 3. The minimum absolute atomic E-state index is 0.0382. The van der Waals surface area contributed by atoms with Crippen LogP contribution in [0.2, 0.25) is 0 Å². The van der Waals surface area contributed by atoms with Crippen molar-refractivity contribution in [2.24, 2.45) is 0 Å². The quantitative estimate of drug-likeness (QED) is 0.783. The van der Waals surface area contributed by atoms with Gasteiger partial charge in [-0.25, -0.2) is 4.98 Å². The summed E-state index contributed by atoms with van der Waals surface area (Å²) in [6, 6.07) is 1.71. The van der Waals surface area contributed by atoms with Crippen LogP contribution < -0.4 is 0 Å². The third-order valence-electron chi connectivity index (χ3n) is 4.88. The summed E-state index contributed by atoms with van der Waals surface area (Å²) >= 11 is 4.95. The summed E-state index contributed by atoms with van der Waals surface area (Å²) in [6.07, 6.45) is 1.66. The maximum atomic E-state index is 13.2. The van der Waals surface area contributed by atoms with Gasteiger partial charge in [0.05, 0.1) is 5.69 Å². The molecule has 2 aliphatic rings. The number of hydrogen-bond donors (Lipinski definition) is 0. The average molecular weight is 408 g/mol. The molecule has 0 N–H and O–H groups in total. The van der Waals surface area contributed by atoms with Gasteiger partial charge in [0.25, 0.3) is 5.91 Å². The predicted octanol–water partition coefficient (Wildman–Crippen LogP) is 3.36. The van der Waals surface area contributed by atoms with E-state index < -0.39 is 0 Å². The number of likely N-dealkylation sites (tertiary alicyclic amines) is 1. The Hall–Kier alpha value is -1.38. The number of amides is 2. The van der Waals surface area contributed by atoms with E-state index in [0.717, 1.165) is 53.7 Å². The molecule has 26 heavy (non-hydrogen) atoms. The predicted molar refractivity (Wildman–Crippen MR) is 108 cm³/mol. The highest BCUT2D eigenvalue weighted by molar-refractivity contribution is 7.99. The van der Waals surface area contributed by atoms with Crippen LogP contribution >= 0.6 is 34.4 Å². The van der Waals surface area contributed by atoms with Gasteiger partial charge in [-0.15, -0.1) is 11.3 Å². The lowest BCUT2D eigenvalue weighted by Crippen LogP contribution is -2.50. The molecular weight excluding hydrogens is 386 g/mol. The number of carbonyl (C=O) groups excluding carboxylic acids is 2. The van der Waals surface area contributed by atoms with Crippen molar-refractivity contribution < 1.29 is 9.59 Å². The number of carbonyl (C=O) groups is 2. The van der Waals surface area contributed by atoms with Crippen LogP contribution in [0.1, 0.15) is 28.2 Å². The molecule has 5 nitrogen and oxygen atoms in total. The Morgan fingerprint density at radius 3 is 2.77 bits per heavy atom. The molecular formula is C18H21N3O2S3. The molecule has 4 rings (SSSR count). The van der Waals surface area contributed by atoms with E-state index in [4.69, 9.17) is 0 Å². The van der Waals surface area contributed by atoms with E-state index in [1.54, 1.807) is 16.2 Å². The molecule has 1 atom stereocenters. The van der Waals surface area contributed by atoms with E-state index in [1.807, 2.05) is 40.4 Å². The first-order valence-electron chi connectivity index (χ1n) is 8.82. The number of thioether (sulfide) groups is 1. The Morgan fingerprint density at radius 2 is 2.04 bits per heavy atom. The van der Waals surface area contributed by atoms with Crippen molar-refractivity contribution >= 4 is 46.2 Å². The van der Waals surface area contributed by atoms with Crippen molar-refractivity contribution in [2.45, 2.75) is 25.8 Å². The summed E-state index contributed by atoms with van der Waals surface area (Å²) in [6.45, 7) is 4.13. The Kier molecular flexibility index (Phi) is 5.33. The molecule has 2 fully saturated rings. The fraction of sp³-hybridized carbons (Fsp3) is 0.500. The van der Waals surface area contributed by atoms with E-state index in [-0.39, 0.29) is 17.9 Å². The van der Waals surface area contributed by atoms with Crippen LogP contribution in [0.4, 0.5) is 0 Å². The first-order chi connectivity index (χ1) is 12.6. The van der Waals surface area contributed by atoms with Crippen molar-refractivity contribution in [1.29, 1.82) is 0 Å². The monoisotopic (exact) mass is 407 g/mol. The standard InChI is InChI=1S/C18H21N3O2S3/c1-12-15(26-16(19-12)13-4-8-25-11-13)18(23)21-5-2-3-14(21)17(22)20-6-9-24-10-7-20/h4,8,11,14H,2-3,5-7,9-10H2,1H3/t14-/m0/s1. The fourth-order valence-corrected chi connectivity index (χ4v) is 6.13. The van der Waals surface area contributed by atoms with Gasteiger partial charge in [-0.05, 0) is 31.2 Å². The molecule has 0 unspecified atom stereocenters. The molecule has 2 aromatic rings. The third kappa shape index (κ3) is 3.42. The lowest BCUT2D eigenvalue weighted by Gasteiger charge is -2.32. The van der Waals surface area contributed by atoms with Crippen LogP contribution in [-0.4, -0.2) is 63.8 Å². The summed E-state index contributed by atoms with van der Waals surface area (Å²) in [5.74, 6) is 2.06. The molecule has 138 valence electrons. The Balaban J connectivity index is 1.54. The second kappa shape index (κ2) is 7.70. The van der Waals surface area contributed by atoms with Crippen molar-refractivity contribution in [2.75, 3.05) is 31.1 Å². The number of hydrogen-bond acceptors (Lipinski definition) is 6. The van der Waals surface area contributed by atoms with E-state index in [0.29, 0.717) is 11.4 Å². The SMILES string of the molecule is Cc1nc(-c2ccsc2)sc1C(=O)N1CCC[C@H]1C(=O)N1CCSCC1. The second-order valence-electron chi connectivity index (χ2n) is 6.54. The van der Waals surface area contributed by atoms with Crippen LogP contribution in [0.15, 0.2) is 16.8 Å². The minimum Gasteiger partial charge on any atom is -0.339 e. The van der Waals surface area contributed by atoms with Gasteiger partial charge in [-0.1, -0.05) is 0 Å². The lowest BCUT2D eigenvalue weighted by molar-refractivity contribution is -0.134. The van der Waals surface area contributed by atoms with Crippen molar-refractivity contribution in [1.82, 2.24) is 14.8 Å². The average Bonchev–Trinajstić information content (AvgIpc) is 3.41. The lowest BCUT2D eigenvalue weighted by atomic mass is 10.2. The maximum Gasteiger partial charge on any atom is 0.266 e. The molecule has 0 saturated carbocycles. The maximum absolute atomic E-state index is 13.2. The summed E-state index contributed by atoms with van der Waals surface area (Å²) in [5, 5.41) is 4.94. The van der Waals surface area contributed by atoms with E-state index in [1.165, 1.54) is 11.3 Å². The van der Waals surface area contributed by atoms with Crippen LogP contribution in [0.3, 0.4) is 0 Å². The smallest absolute Gasteiger partial charge is 0.266 e. The summed E-state index contributed by atoms with van der Waals surface area (Å²) in [7, 11) is 0. The first-order valence-corrected chi connectivity index (χ1v) is 11.7. The van der Waals surface area contributed by atoms with E-state index in [2.05, 4.69) is 4.98 Å².